The molecule has 3 fully saturated rings. The van der Waals surface area contributed by atoms with Crippen LogP contribution in [0.2, 0.25) is 0 Å². The average molecular weight is 483 g/mol. The summed E-state index contributed by atoms with van der Waals surface area (Å²) in [6.07, 6.45) is 7.47. The molecule has 3 aliphatic rings. The van der Waals surface area contributed by atoms with Gasteiger partial charge >= 0.3 is 6.03 Å². The largest absolute Gasteiger partial charge is 0.359 e. The summed E-state index contributed by atoms with van der Waals surface area (Å²) in [6.45, 7) is 5.03. The maximum atomic E-state index is 13.7. The average Bonchev–Trinajstić information content (AvgIpc) is 3.06. The number of benzene rings is 1. The first kappa shape index (κ1) is 25.7. The summed E-state index contributed by atoms with van der Waals surface area (Å²) < 4.78 is 0. The zero-order valence-electron chi connectivity index (χ0n) is 21.9. The van der Waals surface area contributed by atoms with E-state index in [1.54, 1.807) is 25.8 Å². The quantitative estimate of drug-likeness (QED) is 0.563. The van der Waals surface area contributed by atoms with E-state index in [-0.39, 0.29) is 41.8 Å². The molecular weight excluding hydrogens is 440 g/mol. The van der Waals surface area contributed by atoms with Crippen molar-refractivity contribution in [1.82, 2.24) is 20.4 Å². The van der Waals surface area contributed by atoms with Crippen molar-refractivity contribution in [2.45, 2.75) is 76.3 Å². The van der Waals surface area contributed by atoms with Crippen molar-refractivity contribution in [2.75, 3.05) is 33.7 Å². The van der Waals surface area contributed by atoms with E-state index in [1.165, 1.54) is 24.8 Å². The van der Waals surface area contributed by atoms with Crippen LogP contribution in [0.5, 0.6) is 0 Å². The maximum Gasteiger partial charge on any atom is 0.321 e. The summed E-state index contributed by atoms with van der Waals surface area (Å²) in [5, 5.41) is 6.25. The van der Waals surface area contributed by atoms with Gasteiger partial charge in [-0.15, -0.1) is 0 Å². The minimum Gasteiger partial charge on any atom is -0.359 e. The molecule has 7 nitrogen and oxygen atoms in total. The van der Waals surface area contributed by atoms with Crippen molar-refractivity contribution in [3.8, 4) is 0 Å². The molecule has 1 heterocycles. The monoisotopic (exact) mass is 482 g/mol. The summed E-state index contributed by atoms with van der Waals surface area (Å²) in [4.78, 5) is 42.7. The lowest BCUT2D eigenvalue weighted by atomic mass is 9.68. The van der Waals surface area contributed by atoms with Gasteiger partial charge in [-0.25, -0.2) is 4.79 Å². The van der Waals surface area contributed by atoms with Crippen molar-refractivity contribution < 1.29 is 14.4 Å². The van der Waals surface area contributed by atoms with Gasteiger partial charge in [0, 0.05) is 32.1 Å². The summed E-state index contributed by atoms with van der Waals surface area (Å²) in [6, 6.07) is 10.6. The van der Waals surface area contributed by atoms with Gasteiger partial charge in [0.25, 0.3) is 0 Å². The highest BCUT2D eigenvalue weighted by atomic mass is 16.2. The number of hydrogen-bond donors (Lipinski definition) is 2. The lowest BCUT2D eigenvalue weighted by molar-refractivity contribution is -0.133. The number of nitrogens with one attached hydrogen (secondary N) is 2. The third-order valence-corrected chi connectivity index (χ3v) is 8.91. The molecule has 1 aliphatic heterocycles. The second-order valence-electron chi connectivity index (χ2n) is 11.6. The first-order chi connectivity index (χ1) is 16.6. The molecule has 0 atom stereocenters. The van der Waals surface area contributed by atoms with Gasteiger partial charge in [-0.3, -0.25) is 9.59 Å². The Morgan fingerprint density at radius 1 is 1.06 bits per heavy atom. The molecule has 0 bridgehead atoms. The normalized spacial score (nSPS) is 27.3. The zero-order chi connectivity index (χ0) is 25.3. The summed E-state index contributed by atoms with van der Waals surface area (Å²) >= 11 is 0. The third-order valence-electron chi connectivity index (χ3n) is 8.91. The van der Waals surface area contributed by atoms with Crippen LogP contribution in [0.3, 0.4) is 0 Å². The molecule has 2 saturated carbocycles. The molecule has 192 valence electrons. The lowest BCUT2D eigenvalue weighted by Gasteiger charge is -2.49. The van der Waals surface area contributed by atoms with E-state index in [9.17, 15) is 14.4 Å². The minimum absolute atomic E-state index is 0.000307. The molecule has 0 unspecified atom stereocenters. The fraction of sp³-hybridized carbons (Fsp3) is 0.679. The Morgan fingerprint density at radius 2 is 1.71 bits per heavy atom. The van der Waals surface area contributed by atoms with E-state index in [1.807, 2.05) is 13.1 Å². The van der Waals surface area contributed by atoms with E-state index >= 15 is 0 Å². The molecule has 2 N–H and O–H groups in total. The number of urea groups is 1. The Morgan fingerprint density at radius 3 is 2.26 bits per heavy atom. The fourth-order valence-corrected chi connectivity index (χ4v) is 6.40. The molecule has 0 radical (unpaired) electrons. The van der Waals surface area contributed by atoms with Crippen LogP contribution in [0, 0.1) is 11.3 Å². The van der Waals surface area contributed by atoms with Crippen LogP contribution >= 0.6 is 0 Å². The molecule has 1 aromatic carbocycles. The topological polar surface area (TPSA) is 81.8 Å². The molecule has 2 aliphatic carbocycles. The second-order valence-corrected chi connectivity index (χ2v) is 11.6. The number of amides is 3. The van der Waals surface area contributed by atoms with Gasteiger partial charge in [-0.05, 0) is 57.1 Å². The molecule has 3 amide bonds. The van der Waals surface area contributed by atoms with Crippen LogP contribution in [0.15, 0.2) is 30.3 Å². The van der Waals surface area contributed by atoms with Gasteiger partial charge in [-0.1, -0.05) is 50.6 Å². The highest BCUT2D eigenvalue weighted by Crippen LogP contribution is 2.47. The first-order valence-corrected chi connectivity index (χ1v) is 13.2. The second kappa shape index (κ2) is 9.92. The van der Waals surface area contributed by atoms with Crippen LogP contribution in [-0.2, 0) is 15.1 Å². The number of hydrogen-bond acceptors (Lipinski definition) is 4. The smallest absolute Gasteiger partial charge is 0.321 e. The van der Waals surface area contributed by atoms with Crippen molar-refractivity contribution in [3.05, 3.63) is 35.9 Å². The van der Waals surface area contributed by atoms with Crippen molar-refractivity contribution >= 4 is 17.7 Å². The number of Topliss-reactive ketones (excluding diaryl/α,β-unsaturated/α-hetero) is 1. The van der Waals surface area contributed by atoms with Crippen LogP contribution in [0.25, 0.3) is 0 Å². The molecule has 1 saturated heterocycles. The standard InChI is InChI=1S/C28H42N4O3/c1-26(2,24(34)29-3)17-23(33)19-31-20-27(32(25(31)35)18-21-9-8-10-21)13-15-28(30-4,16-14-27)22-11-6-5-7-12-22/h5-7,11-12,21,30H,8-10,13-20H2,1-4H3,(H,29,34). The Balaban J connectivity index is 1.50. The summed E-state index contributed by atoms with van der Waals surface area (Å²) in [5.41, 5.74) is 0.206. The predicted molar refractivity (Wildman–Crippen MR) is 137 cm³/mol. The Kier molecular flexibility index (Phi) is 7.28. The highest BCUT2D eigenvalue weighted by molar-refractivity contribution is 5.92. The van der Waals surface area contributed by atoms with Gasteiger partial charge < -0.3 is 20.4 Å². The first-order valence-electron chi connectivity index (χ1n) is 13.2. The van der Waals surface area contributed by atoms with E-state index < -0.39 is 5.41 Å². The zero-order valence-corrected chi connectivity index (χ0v) is 21.9. The van der Waals surface area contributed by atoms with Crippen LogP contribution in [-0.4, -0.2) is 66.8 Å². The van der Waals surface area contributed by atoms with Gasteiger partial charge in [0.1, 0.15) is 0 Å². The van der Waals surface area contributed by atoms with Crippen molar-refractivity contribution in [2.24, 2.45) is 11.3 Å². The number of ketones is 1. The Bertz CT molecular complexity index is 933. The summed E-state index contributed by atoms with van der Waals surface area (Å²) in [5.74, 6) is 0.360. The SMILES string of the molecule is CNC(=O)C(C)(C)CC(=O)CN1CC2(CCC(NC)(c3ccccc3)CC2)N(CC2CCC2)C1=O. The molecule has 7 heteroatoms. The van der Waals surface area contributed by atoms with Crippen LogP contribution in [0.1, 0.15) is 70.8 Å². The highest BCUT2D eigenvalue weighted by Gasteiger charge is 2.54. The van der Waals surface area contributed by atoms with E-state index in [2.05, 4.69) is 39.8 Å². The fourth-order valence-electron chi connectivity index (χ4n) is 6.40. The van der Waals surface area contributed by atoms with Crippen molar-refractivity contribution in [1.29, 1.82) is 0 Å². The number of carbonyl (C=O) groups excluding carboxylic acids is 3. The van der Waals surface area contributed by atoms with E-state index in [0.29, 0.717) is 12.5 Å². The maximum absolute atomic E-state index is 13.7. The minimum atomic E-state index is -0.787. The molecule has 35 heavy (non-hydrogen) atoms. The van der Waals surface area contributed by atoms with E-state index in [4.69, 9.17) is 0 Å². The molecule has 4 rings (SSSR count). The molecule has 0 aromatic heterocycles. The van der Waals surface area contributed by atoms with Crippen LogP contribution in [0.4, 0.5) is 4.79 Å². The Hall–Kier alpha value is -2.41. The predicted octanol–water partition coefficient (Wildman–Crippen LogP) is 3.68. The molecule has 1 aromatic rings. The number of rotatable bonds is 9. The van der Waals surface area contributed by atoms with E-state index in [0.717, 1.165) is 32.2 Å². The number of carbonyl (C=O) groups is 3. The van der Waals surface area contributed by atoms with Gasteiger partial charge in [-0.2, -0.15) is 0 Å². The van der Waals surface area contributed by atoms with Gasteiger partial charge in [0.15, 0.2) is 5.78 Å². The van der Waals surface area contributed by atoms with Gasteiger partial charge in [0.05, 0.1) is 17.5 Å². The lowest BCUT2D eigenvalue weighted by Crippen LogP contribution is -2.56. The Labute approximate surface area is 210 Å². The number of nitrogens with zero attached hydrogens (tertiary/aromatic N) is 2. The van der Waals surface area contributed by atoms with Crippen molar-refractivity contribution in [3.63, 3.8) is 0 Å². The summed E-state index contributed by atoms with van der Waals surface area (Å²) in [7, 11) is 3.63. The van der Waals surface area contributed by atoms with Gasteiger partial charge in [0.2, 0.25) is 5.91 Å². The third kappa shape index (κ3) is 4.97. The molecule has 1 spiro atoms. The van der Waals surface area contributed by atoms with Crippen LogP contribution < -0.4 is 10.6 Å². The molecular formula is C28H42N4O3.